The molecule has 5 heteroatoms. The highest BCUT2D eigenvalue weighted by Crippen LogP contribution is 2.11. The number of hydrogen-bond donors (Lipinski definition) is 0. The molecule has 2 heterocycles. The van der Waals surface area contributed by atoms with E-state index < -0.39 is 0 Å². The molecule has 1 aliphatic rings. The molecular weight excluding hydrogens is 280 g/mol. The summed E-state index contributed by atoms with van der Waals surface area (Å²) in [5, 5.41) is 3.58. The van der Waals surface area contributed by atoms with E-state index in [0.717, 1.165) is 18.1 Å². The lowest BCUT2D eigenvalue weighted by Crippen LogP contribution is -2.36. The van der Waals surface area contributed by atoms with Gasteiger partial charge in [-0.1, -0.05) is 23.4 Å². The fourth-order valence-corrected chi connectivity index (χ4v) is 2.30. The maximum absolute atomic E-state index is 5.42. The van der Waals surface area contributed by atoms with E-state index in [2.05, 4.69) is 17.1 Å². The summed E-state index contributed by atoms with van der Waals surface area (Å²) in [6.07, 6.45) is 4.61. The number of nitrogens with zero attached hydrogens (tertiary/aromatic N) is 2. The zero-order chi connectivity index (χ0) is 15.6. The van der Waals surface area contributed by atoms with Crippen LogP contribution in [0.25, 0.3) is 0 Å². The van der Waals surface area contributed by atoms with Gasteiger partial charge in [0, 0.05) is 19.7 Å². The Hall–Kier alpha value is -1.85. The Kier molecular flexibility index (Phi) is 6.93. The standard InChI is InChI=1S/C10H9NO2.C7H15NO/c1-2-4-9(5-3-1)12-8-10-6-7-11-13-10;1-8-5-3-4-7(6-8)9-2/h1-7H,8H2;7H,3-6H2,1-2H3. The molecule has 1 aromatic heterocycles. The molecule has 22 heavy (non-hydrogen) atoms. The fraction of sp³-hybridized carbons (Fsp3) is 0.471. The van der Waals surface area contributed by atoms with Crippen LogP contribution in [-0.4, -0.2) is 43.4 Å². The van der Waals surface area contributed by atoms with Crippen LogP contribution in [0.15, 0.2) is 47.1 Å². The summed E-state index contributed by atoms with van der Waals surface area (Å²) in [5.41, 5.74) is 0. The van der Waals surface area contributed by atoms with Crippen molar-refractivity contribution in [1.29, 1.82) is 0 Å². The van der Waals surface area contributed by atoms with Gasteiger partial charge in [0.15, 0.2) is 5.76 Å². The first-order valence-corrected chi connectivity index (χ1v) is 7.56. The Morgan fingerprint density at radius 2 is 2.09 bits per heavy atom. The molecule has 0 saturated carbocycles. The maximum atomic E-state index is 5.42. The summed E-state index contributed by atoms with van der Waals surface area (Å²) in [6, 6.07) is 11.4. The normalized spacial score (nSPS) is 18.4. The summed E-state index contributed by atoms with van der Waals surface area (Å²) < 4.78 is 15.5. The highest BCUT2D eigenvalue weighted by Gasteiger charge is 2.15. The predicted octanol–water partition coefficient (Wildman–Crippen LogP) is 2.98. The number of piperidine rings is 1. The van der Waals surface area contributed by atoms with E-state index in [0.29, 0.717) is 12.7 Å². The monoisotopic (exact) mass is 304 g/mol. The molecule has 5 nitrogen and oxygen atoms in total. The molecule has 1 fully saturated rings. The Labute approximate surface area is 131 Å². The van der Waals surface area contributed by atoms with Crippen molar-refractivity contribution in [2.75, 3.05) is 27.2 Å². The first kappa shape index (κ1) is 16.5. The van der Waals surface area contributed by atoms with Crippen molar-refractivity contribution in [3.8, 4) is 5.75 Å². The van der Waals surface area contributed by atoms with Gasteiger partial charge in [0.25, 0.3) is 0 Å². The van der Waals surface area contributed by atoms with E-state index in [-0.39, 0.29) is 0 Å². The molecule has 1 aliphatic heterocycles. The molecule has 1 saturated heterocycles. The number of hydrogen-bond acceptors (Lipinski definition) is 5. The van der Waals surface area contributed by atoms with E-state index in [1.807, 2.05) is 30.3 Å². The van der Waals surface area contributed by atoms with Crippen LogP contribution < -0.4 is 4.74 Å². The van der Waals surface area contributed by atoms with Crippen LogP contribution in [0, 0.1) is 0 Å². The molecule has 1 unspecified atom stereocenters. The topological polar surface area (TPSA) is 47.7 Å². The zero-order valence-electron chi connectivity index (χ0n) is 13.3. The number of rotatable bonds is 4. The molecule has 2 aromatic rings. The lowest BCUT2D eigenvalue weighted by Gasteiger charge is -2.28. The molecule has 0 N–H and O–H groups in total. The van der Waals surface area contributed by atoms with Crippen molar-refractivity contribution in [2.24, 2.45) is 0 Å². The molecule has 0 spiro atoms. The fourth-order valence-electron chi connectivity index (χ4n) is 2.30. The second-order valence-corrected chi connectivity index (χ2v) is 5.34. The number of likely N-dealkylation sites (tertiary alicyclic amines) is 1. The van der Waals surface area contributed by atoms with E-state index in [4.69, 9.17) is 14.0 Å². The van der Waals surface area contributed by atoms with Crippen molar-refractivity contribution in [2.45, 2.75) is 25.6 Å². The summed E-state index contributed by atoms with van der Waals surface area (Å²) in [7, 11) is 3.94. The van der Waals surface area contributed by atoms with Gasteiger partial charge in [-0.25, -0.2) is 0 Å². The van der Waals surface area contributed by atoms with Crippen LogP contribution in [0.4, 0.5) is 0 Å². The van der Waals surface area contributed by atoms with Crippen molar-refractivity contribution in [3.63, 3.8) is 0 Å². The molecule has 0 aliphatic carbocycles. The number of aromatic nitrogens is 1. The van der Waals surface area contributed by atoms with Crippen molar-refractivity contribution in [3.05, 3.63) is 48.4 Å². The van der Waals surface area contributed by atoms with Crippen LogP contribution in [0.2, 0.25) is 0 Å². The first-order chi connectivity index (χ1) is 10.8. The summed E-state index contributed by atoms with van der Waals surface area (Å²) in [4.78, 5) is 2.32. The molecule has 120 valence electrons. The van der Waals surface area contributed by atoms with Gasteiger partial charge in [0.2, 0.25) is 0 Å². The van der Waals surface area contributed by atoms with E-state index in [1.165, 1.54) is 19.4 Å². The van der Waals surface area contributed by atoms with E-state index in [9.17, 15) is 0 Å². The van der Waals surface area contributed by atoms with E-state index in [1.54, 1.807) is 19.4 Å². The highest BCUT2D eigenvalue weighted by atomic mass is 16.5. The Morgan fingerprint density at radius 1 is 1.27 bits per heavy atom. The lowest BCUT2D eigenvalue weighted by molar-refractivity contribution is 0.0408. The SMILES string of the molecule is COC1CCCN(C)C1.c1ccc(OCc2ccno2)cc1. The van der Waals surface area contributed by atoms with Crippen LogP contribution >= 0.6 is 0 Å². The van der Waals surface area contributed by atoms with Crippen molar-refractivity contribution in [1.82, 2.24) is 10.1 Å². The summed E-state index contributed by atoms with van der Waals surface area (Å²) in [6.45, 7) is 2.76. The number of para-hydroxylation sites is 1. The average molecular weight is 304 g/mol. The molecule has 0 bridgehead atoms. The smallest absolute Gasteiger partial charge is 0.174 e. The van der Waals surface area contributed by atoms with Gasteiger partial charge < -0.3 is 18.9 Å². The summed E-state index contributed by atoms with van der Waals surface area (Å²) in [5.74, 6) is 1.56. The van der Waals surface area contributed by atoms with Gasteiger partial charge in [-0.05, 0) is 38.6 Å². The highest BCUT2D eigenvalue weighted by molar-refractivity contribution is 5.21. The Balaban J connectivity index is 0.000000172. The van der Waals surface area contributed by atoms with Gasteiger partial charge in [-0.2, -0.15) is 0 Å². The van der Waals surface area contributed by atoms with Crippen LogP contribution in [0.3, 0.4) is 0 Å². The second-order valence-electron chi connectivity index (χ2n) is 5.34. The zero-order valence-corrected chi connectivity index (χ0v) is 13.3. The Bertz CT molecular complexity index is 502. The summed E-state index contributed by atoms with van der Waals surface area (Å²) >= 11 is 0. The molecule has 1 atom stereocenters. The lowest BCUT2D eigenvalue weighted by atomic mass is 10.1. The first-order valence-electron chi connectivity index (χ1n) is 7.56. The molecular formula is C17H24N2O3. The van der Waals surface area contributed by atoms with Gasteiger partial charge in [0.1, 0.15) is 12.4 Å². The minimum atomic E-state index is 0.421. The predicted molar refractivity (Wildman–Crippen MR) is 84.8 cm³/mol. The van der Waals surface area contributed by atoms with Crippen LogP contribution in [0.1, 0.15) is 18.6 Å². The third-order valence-electron chi connectivity index (χ3n) is 3.53. The van der Waals surface area contributed by atoms with Gasteiger partial charge in [0.05, 0.1) is 12.3 Å². The van der Waals surface area contributed by atoms with Crippen LogP contribution in [-0.2, 0) is 11.3 Å². The molecule has 0 radical (unpaired) electrons. The third kappa shape index (κ3) is 5.87. The maximum Gasteiger partial charge on any atom is 0.174 e. The molecule has 0 amide bonds. The number of likely N-dealkylation sites (N-methyl/N-ethyl adjacent to an activating group) is 1. The third-order valence-corrected chi connectivity index (χ3v) is 3.53. The number of ether oxygens (including phenoxy) is 2. The quantitative estimate of drug-likeness (QED) is 0.869. The average Bonchev–Trinajstić information content (AvgIpc) is 3.08. The van der Waals surface area contributed by atoms with Gasteiger partial charge in [-0.15, -0.1) is 0 Å². The molecule has 1 aromatic carbocycles. The second kappa shape index (κ2) is 9.23. The Morgan fingerprint density at radius 3 is 2.68 bits per heavy atom. The minimum Gasteiger partial charge on any atom is -0.486 e. The minimum absolute atomic E-state index is 0.421. The van der Waals surface area contributed by atoms with Crippen molar-refractivity contribution >= 4 is 0 Å². The number of benzene rings is 1. The largest absolute Gasteiger partial charge is 0.486 e. The van der Waals surface area contributed by atoms with Gasteiger partial charge in [-0.3, -0.25) is 0 Å². The van der Waals surface area contributed by atoms with Crippen LogP contribution in [0.5, 0.6) is 5.75 Å². The molecule has 3 rings (SSSR count). The van der Waals surface area contributed by atoms with Crippen molar-refractivity contribution < 1.29 is 14.0 Å². The van der Waals surface area contributed by atoms with E-state index >= 15 is 0 Å². The van der Waals surface area contributed by atoms with Gasteiger partial charge >= 0.3 is 0 Å². The number of methoxy groups -OCH3 is 1.